The highest BCUT2D eigenvalue weighted by molar-refractivity contribution is 9.10. The second-order valence-electron chi connectivity index (χ2n) is 4.91. The van der Waals surface area contributed by atoms with Gasteiger partial charge in [0.15, 0.2) is 0 Å². The van der Waals surface area contributed by atoms with Gasteiger partial charge in [-0.15, -0.1) is 11.8 Å². The summed E-state index contributed by atoms with van der Waals surface area (Å²) in [6.07, 6.45) is 0. The van der Waals surface area contributed by atoms with E-state index in [1.165, 1.54) is 23.9 Å². The van der Waals surface area contributed by atoms with Crippen LogP contribution in [0.5, 0.6) is 0 Å². The molecule has 2 aromatic rings. The first-order valence-electron chi connectivity index (χ1n) is 6.51. The molecule has 1 amide bonds. The van der Waals surface area contributed by atoms with Gasteiger partial charge in [0, 0.05) is 10.2 Å². The monoisotopic (exact) mass is 365 g/mol. The zero-order chi connectivity index (χ0) is 15.0. The number of anilines is 1. The fourth-order valence-corrected chi connectivity index (χ4v) is 3.94. The first-order chi connectivity index (χ1) is 10.1. The number of carbonyl (C=O) groups is 1. The second kappa shape index (κ2) is 5.81. The third-order valence-electron chi connectivity index (χ3n) is 3.43. The van der Waals surface area contributed by atoms with Crippen LogP contribution in [0, 0.1) is 12.7 Å². The number of aryl methyl sites for hydroxylation is 1. The Morgan fingerprint density at radius 2 is 2.10 bits per heavy atom. The van der Waals surface area contributed by atoms with Gasteiger partial charge in [-0.05, 0) is 42.3 Å². The molecule has 1 fully saturated rings. The molecule has 3 rings (SSSR count). The van der Waals surface area contributed by atoms with E-state index in [1.54, 1.807) is 11.0 Å². The standard InChI is InChI=1S/C16H13BrFNOS/c1-10-5-6-12(17)8-14(10)19-15(20)9-21-16(19)11-3-2-4-13(18)7-11/h2-8,16H,9H2,1H3. The van der Waals surface area contributed by atoms with Crippen LogP contribution in [0.2, 0.25) is 0 Å². The van der Waals surface area contributed by atoms with Crippen LogP contribution < -0.4 is 4.90 Å². The molecule has 108 valence electrons. The summed E-state index contributed by atoms with van der Waals surface area (Å²) in [7, 11) is 0. The highest BCUT2D eigenvalue weighted by atomic mass is 79.9. The van der Waals surface area contributed by atoms with Crippen LogP contribution in [-0.2, 0) is 4.79 Å². The lowest BCUT2D eigenvalue weighted by molar-refractivity contribution is -0.115. The lowest BCUT2D eigenvalue weighted by Gasteiger charge is -2.26. The Morgan fingerprint density at radius 3 is 2.86 bits per heavy atom. The van der Waals surface area contributed by atoms with E-state index in [2.05, 4.69) is 15.9 Å². The minimum absolute atomic E-state index is 0.0514. The highest BCUT2D eigenvalue weighted by Crippen LogP contribution is 2.43. The molecule has 0 saturated carbocycles. The number of thioether (sulfide) groups is 1. The number of nitrogens with zero attached hydrogens (tertiary/aromatic N) is 1. The van der Waals surface area contributed by atoms with E-state index in [1.807, 2.05) is 31.2 Å². The van der Waals surface area contributed by atoms with Crippen LogP contribution in [0.25, 0.3) is 0 Å². The van der Waals surface area contributed by atoms with Crippen molar-refractivity contribution in [2.24, 2.45) is 0 Å². The Balaban J connectivity index is 2.06. The van der Waals surface area contributed by atoms with E-state index >= 15 is 0 Å². The number of halogens is 2. The van der Waals surface area contributed by atoms with Crippen molar-refractivity contribution in [3.05, 3.63) is 63.9 Å². The molecule has 1 aliphatic rings. The third-order valence-corrected chi connectivity index (χ3v) is 5.14. The van der Waals surface area contributed by atoms with E-state index in [0.29, 0.717) is 5.75 Å². The Kier molecular flexibility index (Phi) is 4.04. The Morgan fingerprint density at radius 1 is 1.29 bits per heavy atom. The SMILES string of the molecule is Cc1ccc(Br)cc1N1C(=O)CSC1c1cccc(F)c1. The largest absolute Gasteiger partial charge is 0.295 e. The topological polar surface area (TPSA) is 20.3 Å². The van der Waals surface area contributed by atoms with E-state index < -0.39 is 0 Å². The van der Waals surface area contributed by atoms with Crippen LogP contribution in [-0.4, -0.2) is 11.7 Å². The Bertz CT molecular complexity index is 706. The van der Waals surface area contributed by atoms with Crippen LogP contribution in [0.3, 0.4) is 0 Å². The minimum atomic E-state index is -0.279. The van der Waals surface area contributed by atoms with Gasteiger partial charge in [0.2, 0.25) is 5.91 Å². The summed E-state index contributed by atoms with van der Waals surface area (Å²) in [5, 5.41) is -0.179. The molecule has 0 N–H and O–H groups in total. The van der Waals surface area contributed by atoms with Gasteiger partial charge in [-0.2, -0.15) is 0 Å². The molecule has 2 aromatic carbocycles. The lowest BCUT2D eigenvalue weighted by atomic mass is 10.1. The molecule has 1 unspecified atom stereocenters. The van der Waals surface area contributed by atoms with Gasteiger partial charge in [0.1, 0.15) is 11.2 Å². The minimum Gasteiger partial charge on any atom is -0.295 e. The first kappa shape index (κ1) is 14.6. The number of rotatable bonds is 2. The maximum absolute atomic E-state index is 13.5. The predicted octanol–water partition coefficient (Wildman–Crippen LogP) is 4.68. The van der Waals surface area contributed by atoms with E-state index in [-0.39, 0.29) is 17.1 Å². The number of benzene rings is 2. The average molecular weight is 366 g/mol. The maximum Gasteiger partial charge on any atom is 0.238 e. The van der Waals surface area contributed by atoms with Gasteiger partial charge in [-0.25, -0.2) is 4.39 Å². The molecular formula is C16H13BrFNOS. The van der Waals surface area contributed by atoms with Crippen molar-refractivity contribution >= 4 is 39.3 Å². The van der Waals surface area contributed by atoms with Crippen molar-refractivity contribution in [3.8, 4) is 0 Å². The summed E-state index contributed by atoms with van der Waals surface area (Å²) in [6.45, 7) is 1.97. The van der Waals surface area contributed by atoms with Crippen molar-refractivity contribution in [3.63, 3.8) is 0 Å². The molecule has 1 heterocycles. The van der Waals surface area contributed by atoms with Crippen molar-refractivity contribution in [2.75, 3.05) is 10.7 Å². The van der Waals surface area contributed by atoms with E-state index in [9.17, 15) is 9.18 Å². The average Bonchev–Trinajstić information content (AvgIpc) is 2.83. The number of hydrogen-bond acceptors (Lipinski definition) is 2. The Labute approximate surface area is 135 Å². The second-order valence-corrected chi connectivity index (χ2v) is 6.90. The van der Waals surface area contributed by atoms with Gasteiger partial charge in [-0.1, -0.05) is 34.1 Å². The first-order valence-corrected chi connectivity index (χ1v) is 8.36. The normalized spacial score (nSPS) is 18.3. The van der Waals surface area contributed by atoms with Crippen molar-refractivity contribution in [2.45, 2.75) is 12.3 Å². The lowest BCUT2D eigenvalue weighted by Crippen LogP contribution is -2.28. The molecule has 0 bridgehead atoms. The van der Waals surface area contributed by atoms with Crippen LogP contribution in [0.4, 0.5) is 10.1 Å². The van der Waals surface area contributed by atoms with Gasteiger partial charge in [-0.3, -0.25) is 9.69 Å². The zero-order valence-electron chi connectivity index (χ0n) is 11.3. The molecule has 0 radical (unpaired) electrons. The molecule has 1 aliphatic heterocycles. The molecule has 2 nitrogen and oxygen atoms in total. The quantitative estimate of drug-likeness (QED) is 0.770. The molecule has 5 heteroatoms. The molecule has 21 heavy (non-hydrogen) atoms. The molecular weight excluding hydrogens is 353 g/mol. The van der Waals surface area contributed by atoms with Gasteiger partial charge in [0.25, 0.3) is 0 Å². The Hall–Kier alpha value is -1.33. The van der Waals surface area contributed by atoms with E-state index in [0.717, 1.165) is 21.3 Å². The van der Waals surface area contributed by atoms with Crippen molar-refractivity contribution in [1.82, 2.24) is 0 Å². The fourth-order valence-electron chi connectivity index (χ4n) is 2.43. The summed E-state index contributed by atoms with van der Waals surface area (Å²) in [5.41, 5.74) is 2.70. The van der Waals surface area contributed by atoms with Crippen molar-refractivity contribution in [1.29, 1.82) is 0 Å². The van der Waals surface area contributed by atoms with Crippen LogP contribution in [0.15, 0.2) is 46.9 Å². The molecule has 0 aliphatic carbocycles. The summed E-state index contributed by atoms with van der Waals surface area (Å²) >= 11 is 4.97. The zero-order valence-corrected chi connectivity index (χ0v) is 13.7. The summed E-state index contributed by atoms with van der Waals surface area (Å²) in [6, 6.07) is 12.3. The van der Waals surface area contributed by atoms with Gasteiger partial charge < -0.3 is 0 Å². The van der Waals surface area contributed by atoms with Crippen LogP contribution >= 0.6 is 27.7 Å². The summed E-state index contributed by atoms with van der Waals surface area (Å²) in [5.74, 6) is 0.182. The van der Waals surface area contributed by atoms with Gasteiger partial charge >= 0.3 is 0 Å². The predicted molar refractivity (Wildman–Crippen MR) is 88.0 cm³/mol. The summed E-state index contributed by atoms with van der Waals surface area (Å²) in [4.78, 5) is 14.1. The van der Waals surface area contributed by atoms with Crippen LogP contribution in [0.1, 0.15) is 16.5 Å². The third kappa shape index (κ3) is 2.85. The number of amides is 1. The molecule has 1 saturated heterocycles. The molecule has 0 spiro atoms. The van der Waals surface area contributed by atoms with Crippen molar-refractivity contribution < 1.29 is 9.18 Å². The maximum atomic E-state index is 13.5. The summed E-state index contributed by atoms with van der Waals surface area (Å²) < 4.78 is 14.4. The highest BCUT2D eigenvalue weighted by Gasteiger charge is 2.34. The number of carbonyl (C=O) groups excluding carboxylic acids is 1. The molecule has 1 atom stereocenters. The molecule has 0 aromatic heterocycles. The fraction of sp³-hybridized carbons (Fsp3) is 0.188. The number of hydrogen-bond donors (Lipinski definition) is 0. The smallest absolute Gasteiger partial charge is 0.238 e. The van der Waals surface area contributed by atoms with Gasteiger partial charge in [0.05, 0.1) is 5.75 Å². The van der Waals surface area contributed by atoms with E-state index in [4.69, 9.17) is 0 Å².